The van der Waals surface area contributed by atoms with Crippen molar-refractivity contribution < 1.29 is 4.79 Å². The van der Waals surface area contributed by atoms with Gasteiger partial charge in [-0.05, 0) is 37.3 Å². The lowest BCUT2D eigenvalue weighted by molar-refractivity contribution is -0.132. The van der Waals surface area contributed by atoms with Gasteiger partial charge in [0.05, 0.1) is 0 Å². The molecule has 0 bridgehead atoms. The Hall–Kier alpha value is -2.04. The first-order valence-electron chi connectivity index (χ1n) is 8.51. The van der Waals surface area contributed by atoms with Crippen molar-refractivity contribution >= 4 is 11.9 Å². The lowest BCUT2D eigenvalue weighted by Crippen LogP contribution is -2.38. The van der Waals surface area contributed by atoms with E-state index in [0.29, 0.717) is 25.0 Å². The van der Waals surface area contributed by atoms with Crippen LogP contribution < -0.4 is 11.1 Å². The third kappa shape index (κ3) is 5.27. The van der Waals surface area contributed by atoms with E-state index >= 15 is 0 Å². The molecule has 1 unspecified atom stereocenters. The minimum atomic E-state index is 0.211. The number of nitrogens with zero attached hydrogens (tertiary/aromatic N) is 2. The van der Waals surface area contributed by atoms with Crippen molar-refractivity contribution in [2.45, 2.75) is 52.1 Å². The summed E-state index contributed by atoms with van der Waals surface area (Å²) in [6, 6.07) is 8.69. The Morgan fingerprint density at radius 2 is 2.13 bits per heavy atom. The zero-order valence-electron chi connectivity index (χ0n) is 14.2. The Kier molecular flexibility index (Phi) is 6.44. The third-order valence-electron chi connectivity index (χ3n) is 4.32. The zero-order valence-corrected chi connectivity index (χ0v) is 14.2. The quantitative estimate of drug-likeness (QED) is 0.479. The van der Waals surface area contributed by atoms with Gasteiger partial charge < -0.3 is 16.0 Å². The van der Waals surface area contributed by atoms with Crippen LogP contribution in [0.25, 0.3) is 0 Å². The molecule has 1 aliphatic heterocycles. The molecule has 1 amide bonds. The fourth-order valence-corrected chi connectivity index (χ4v) is 2.70. The second-order valence-corrected chi connectivity index (χ2v) is 6.16. The maximum absolute atomic E-state index is 12.3. The predicted molar refractivity (Wildman–Crippen MR) is 94.2 cm³/mol. The van der Waals surface area contributed by atoms with Crippen molar-refractivity contribution in [3.05, 3.63) is 35.4 Å². The highest BCUT2D eigenvalue weighted by atomic mass is 16.2. The van der Waals surface area contributed by atoms with Crippen LogP contribution in [-0.2, 0) is 17.8 Å². The van der Waals surface area contributed by atoms with Gasteiger partial charge in [0.25, 0.3) is 0 Å². The molecule has 0 aromatic heterocycles. The van der Waals surface area contributed by atoms with Crippen LogP contribution in [0.3, 0.4) is 0 Å². The lowest BCUT2D eigenvalue weighted by atomic mass is 9.99. The molecule has 5 nitrogen and oxygen atoms in total. The maximum Gasteiger partial charge on any atom is 0.222 e. The fourth-order valence-electron chi connectivity index (χ4n) is 2.70. The number of benzene rings is 1. The van der Waals surface area contributed by atoms with Crippen LogP contribution in [0, 0.1) is 0 Å². The molecule has 3 N–H and O–H groups in total. The van der Waals surface area contributed by atoms with E-state index < -0.39 is 0 Å². The molecule has 0 radical (unpaired) electrons. The first kappa shape index (κ1) is 17.3. The molecule has 23 heavy (non-hydrogen) atoms. The fraction of sp³-hybridized carbons (Fsp3) is 0.556. The van der Waals surface area contributed by atoms with Gasteiger partial charge in [-0.3, -0.25) is 9.79 Å². The van der Waals surface area contributed by atoms with E-state index in [9.17, 15) is 4.79 Å². The van der Waals surface area contributed by atoms with Crippen LogP contribution in [0.1, 0.15) is 44.2 Å². The number of fused-ring (bicyclic) bond motifs is 1. The maximum atomic E-state index is 12.3. The van der Waals surface area contributed by atoms with Gasteiger partial charge in [0.2, 0.25) is 5.91 Å². The van der Waals surface area contributed by atoms with E-state index in [1.54, 1.807) is 0 Å². The summed E-state index contributed by atoms with van der Waals surface area (Å²) in [5, 5.41) is 3.12. The van der Waals surface area contributed by atoms with Crippen LogP contribution in [-0.4, -0.2) is 35.9 Å². The van der Waals surface area contributed by atoms with Gasteiger partial charge in [0, 0.05) is 32.1 Å². The monoisotopic (exact) mass is 316 g/mol. The van der Waals surface area contributed by atoms with E-state index in [1.807, 2.05) is 11.0 Å². The highest BCUT2D eigenvalue weighted by molar-refractivity contribution is 5.78. The van der Waals surface area contributed by atoms with Crippen LogP contribution in [0.5, 0.6) is 0 Å². The summed E-state index contributed by atoms with van der Waals surface area (Å²) in [4.78, 5) is 18.5. The Morgan fingerprint density at radius 3 is 2.87 bits per heavy atom. The van der Waals surface area contributed by atoms with Crippen molar-refractivity contribution in [3.63, 3.8) is 0 Å². The Morgan fingerprint density at radius 1 is 1.39 bits per heavy atom. The van der Waals surface area contributed by atoms with Gasteiger partial charge in [-0.2, -0.15) is 0 Å². The number of carbonyl (C=O) groups is 1. The van der Waals surface area contributed by atoms with Crippen LogP contribution in [0.15, 0.2) is 29.3 Å². The number of aliphatic imine (C=N–C) groups is 1. The standard InChI is InChI=1S/C18H28N4O/c1-3-14(2)21-18(19)20-11-6-9-17(23)22-12-10-15-7-4-5-8-16(15)13-22/h4-5,7-8,14H,3,6,9-13H2,1-2H3,(H3,19,20,21). The first-order valence-corrected chi connectivity index (χ1v) is 8.51. The van der Waals surface area contributed by atoms with Crippen molar-refractivity contribution in [3.8, 4) is 0 Å². The summed E-state index contributed by atoms with van der Waals surface area (Å²) in [6.07, 6.45) is 3.22. The molecule has 1 aliphatic rings. The molecule has 1 aromatic carbocycles. The minimum absolute atomic E-state index is 0.211. The number of rotatable bonds is 6. The summed E-state index contributed by atoms with van der Waals surface area (Å²) in [5.41, 5.74) is 8.44. The summed E-state index contributed by atoms with van der Waals surface area (Å²) in [7, 11) is 0. The number of hydrogen-bond acceptors (Lipinski definition) is 2. The van der Waals surface area contributed by atoms with Gasteiger partial charge in [0.15, 0.2) is 5.96 Å². The average molecular weight is 316 g/mol. The Bertz CT molecular complexity index is 556. The SMILES string of the molecule is CCC(C)NC(N)=NCCCC(=O)N1CCc2ccccc2C1. The summed E-state index contributed by atoms with van der Waals surface area (Å²) >= 11 is 0. The number of hydrogen-bond donors (Lipinski definition) is 2. The molecule has 0 saturated heterocycles. The smallest absolute Gasteiger partial charge is 0.222 e. The van der Waals surface area contributed by atoms with Crippen LogP contribution in [0.2, 0.25) is 0 Å². The molecular formula is C18H28N4O. The normalized spacial score (nSPS) is 15.9. The Balaban J connectivity index is 1.73. The van der Waals surface area contributed by atoms with Gasteiger partial charge >= 0.3 is 0 Å². The van der Waals surface area contributed by atoms with Crippen molar-refractivity contribution in [2.75, 3.05) is 13.1 Å². The Labute approximate surface area is 139 Å². The molecule has 0 spiro atoms. The molecule has 0 saturated carbocycles. The molecule has 1 aromatic rings. The number of amides is 1. The summed E-state index contributed by atoms with van der Waals surface area (Å²) < 4.78 is 0. The van der Waals surface area contributed by atoms with Gasteiger partial charge in [-0.1, -0.05) is 31.2 Å². The molecule has 126 valence electrons. The molecule has 5 heteroatoms. The van der Waals surface area contributed by atoms with Crippen molar-refractivity contribution in [2.24, 2.45) is 10.7 Å². The molecule has 1 heterocycles. The first-order chi connectivity index (χ1) is 11.1. The van der Waals surface area contributed by atoms with E-state index in [0.717, 1.165) is 32.4 Å². The van der Waals surface area contributed by atoms with Crippen molar-refractivity contribution in [1.29, 1.82) is 0 Å². The van der Waals surface area contributed by atoms with Crippen molar-refractivity contribution in [1.82, 2.24) is 10.2 Å². The van der Waals surface area contributed by atoms with E-state index in [1.165, 1.54) is 11.1 Å². The summed E-state index contributed by atoms with van der Waals surface area (Å²) in [5.74, 6) is 0.682. The molecule has 1 atom stereocenters. The average Bonchev–Trinajstić information content (AvgIpc) is 2.57. The lowest BCUT2D eigenvalue weighted by Gasteiger charge is -2.28. The largest absolute Gasteiger partial charge is 0.370 e. The minimum Gasteiger partial charge on any atom is -0.370 e. The van der Waals surface area contributed by atoms with Gasteiger partial charge in [-0.15, -0.1) is 0 Å². The second kappa shape index (κ2) is 8.56. The number of nitrogens with one attached hydrogen (secondary N) is 1. The molecule has 0 fully saturated rings. The number of carbonyl (C=O) groups excluding carboxylic acids is 1. The number of guanidine groups is 1. The predicted octanol–water partition coefficient (Wildman–Crippen LogP) is 2.05. The second-order valence-electron chi connectivity index (χ2n) is 6.16. The highest BCUT2D eigenvalue weighted by Gasteiger charge is 2.19. The highest BCUT2D eigenvalue weighted by Crippen LogP contribution is 2.19. The van der Waals surface area contributed by atoms with Crippen LogP contribution >= 0.6 is 0 Å². The third-order valence-corrected chi connectivity index (χ3v) is 4.32. The molecule has 2 rings (SSSR count). The molecule has 0 aliphatic carbocycles. The van der Waals surface area contributed by atoms with Gasteiger partial charge in [-0.25, -0.2) is 0 Å². The van der Waals surface area contributed by atoms with E-state index in [4.69, 9.17) is 5.73 Å². The van der Waals surface area contributed by atoms with Gasteiger partial charge in [0.1, 0.15) is 0 Å². The molecular weight excluding hydrogens is 288 g/mol. The summed E-state index contributed by atoms with van der Waals surface area (Å²) in [6.45, 7) is 6.30. The topological polar surface area (TPSA) is 70.7 Å². The van der Waals surface area contributed by atoms with Crippen LogP contribution in [0.4, 0.5) is 0 Å². The number of nitrogens with two attached hydrogens (primary N) is 1. The zero-order chi connectivity index (χ0) is 16.7. The van der Waals surface area contributed by atoms with E-state index in [-0.39, 0.29) is 5.91 Å². The van der Waals surface area contributed by atoms with E-state index in [2.05, 4.69) is 42.4 Å².